The molecule has 3 rings (SSSR count). The Morgan fingerprint density at radius 2 is 1.90 bits per heavy atom. The van der Waals surface area contributed by atoms with Gasteiger partial charge in [-0.3, -0.25) is 4.68 Å². The van der Waals surface area contributed by atoms with E-state index in [0.717, 1.165) is 40.4 Å². The molecule has 5 nitrogen and oxygen atoms in total. The highest BCUT2D eigenvalue weighted by atomic mass is 16.6. The third kappa shape index (κ3) is 2.25. The van der Waals surface area contributed by atoms with Crippen LogP contribution in [0.25, 0.3) is 11.3 Å². The molecule has 0 bridgehead atoms. The van der Waals surface area contributed by atoms with Gasteiger partial charge in [0.15, 0.2) is 11.5 Å². The predicted octanol–water partition coefficient (Wildman–Crippen LogP) is 1.67. The Bertz CT molecular complexity index is 634. The Balaban J connectivity index is 2.05. The van der Waals surface area contributed by atoms with Crippen LogP contribution in [0.15, 0.2) is 18.2 Å². The molecule has 1 aliphatic heterocycles. The van der Waals surface area contributed by atoms with E-state index in [1.165, 1.54) is 0 Å². The molecule has 20 heavy (non-hydrogen) atoms. The van der Waals surface area contributed by atoms with Gasteiger partial charge in [-0.15, -0.1) is 0 Å². The van der Waals surface area contributed by atoms with Gasteiger partial charge in [0.05, 0.1) is 11.4 Å². The van der Waals surface area contributed by atoms with Crippen molar-refractivity contribution >= 4 is 0 Å². The van der Waals surface area contributed by atoms with Crippen LogP contribution in [-0.2, 0) is 13.5 Å². The zero-order valence-electron chi connectivity index (χ0n) is 11.8. The average molecular weight is 273 g/mol. The topological polar surface area (TPSA) is 62.3 Å². The summed E-state index contributed by atoms with van der Waals surface area (Å²) in [6.07, 6.45) is 0.789. The first-order chi connectivity index (χ1) is 9.69. The van der Waals surface area contributed by atoms with Gasteiger partial charge in [-0.25, -0.2) is 0 Å². The first-order valence-electron chi connectivity index (χ1n) is 6.82. The first kappa shape index (κ1) is 13.0. The quantitative estimate of drug-likeness (QED) is 0.924. The van der Waals surface area contributed by atoms with Crippen molar-refractivity contribution in [2.24, 2.45) is 12.8 Å². The van der Waals surface area contributed by atoms with Crippen LogP contribution in [0.4, 0.5) is 0 Å². The van der Waals surface area contributed by atoms with Crippen molar-refractivity contribution in [2.75, 3.05) is 19.8 Å². The second-order valence-corrected chi connectivity index (χ2v) is 4.99. The van der Waals surface area contributed by atoms with E-state index in [0.29, 0.717) is 19.8 Å². The maximum absolute atomic E-state index is 5.66. The fourth-order valence-electron chi connectivity index (χ4n) is 2.52. The van der Waals surface area contributed by atoms with Crippen LogP contribution >= 0.6 is 0 Å². The lowest BCUT2D eigenvalue weighted by Crippen LogP contribution is -2.15. The first-order valence-corrected chi connectivity index (χ1v) is 6.82. The number of ether oxygens (including phenoxy) is 2. The van der Waals surface area contributed by atoms with Gasteiger partial charge in [0.1, 0.15) is 13.2 Å². The van der Waals surface area contributed by atoms with Gasteiger partial charge in [0.25, 0.3) is 0 Å². The molecule has 106 valence electrons. The van der Waals surface area contributed by atoms with Crippen molar-refractivity contribution in [3.63, 3.8) is 0 Å². The Labute approximate surface area is 118 Å². The molecule has 1 aromatic carbocycles. The van der Waals surface area contributed by atoms with Crippen molar-refractivity contribution in [1.82, 2.24) is 9.78 Å². The van der Waals surface area contributed by atoms with Crippen LogP contribution in [-0.4, -0.2) is 29.5 Å². The van der Waals surface area contributed by atoms with Crippen LogP contribution in [0.1, 0.15) is 11.3 Å². The highest BCUT2D eigenvalue weighted by molar-refractivity contribution is 5.69. The van der Waals surface area contributed by atoms with E-state index in [4.69, 9.17) is 15.2 Å². The highest BCUT2D eigenvalue weighted by Gasteiger charge is 2.17. The molecule has 0 atom stereocenters. The van der Waals surface area contributed by atoms with Crippen molar-refractivity contribution in [3.8, 4) is 22.8 Å². The zero-order valence-corrected chi connectivity index (χ0v) is 11.8. The van der Waals surface area contributed by atoms with Gasteiger partial charge < -0.3 is 15.2 Å². The second-order valence-electron chi connectivity index (χ2n) is 4.99. The Hall–Kier alpha value is -2.01. The summed E-state index contributed by atoms with van der Waals surface area (Å²) in [5.74, 6) is 1.63. The highest BCUT2D eigenvalue weighted by Crippen LogP contribution is 2.37. The zero-order chi connectivity index (χ0) is 14.1. The molecule has 0 saturated carbocycles. The van der Waals surface area contributed by atoms with Gasteiger partial charge in [0, 0.05) is 19.0 Å². The lowest BCUT2D eigenvalue weighted by atomic mass is 10.0. The maximum Gasteiger partial charge on any atom is 0.162 e. The van der Waals surface area contributed by atoms with Gasteiger partial charge in [-0.05, 0) is 37.2 Å². The summed E-state index contributed by atoms with van der Waals surface area (Å²) in [4.78, 5) is 0. The third-order valence-corrected chi connectivity index (χ3v) is 3.50. The van der Waals surface area contributed by atoms with Gasteiger partial charge in [-0.2, -0.15) is 5.10 Å². The summed E-state index contributed by atoms with van der Waals surface area (Å²) < 4.78 is 13.2. The molecule has 0 spiro atoms. The number of aryl methyl sites for hydroxylation is 2. The standard InChI is InChI=1S/C15H19N3O2/c1-10-7-14-15(20-6-5-19-14)9-12(10)13-8-11(3-4-16)17-18(13)2/h7-9H,3-6,16H2,1-2H3. The Morgan fingerprint density at radius 3 is 2.60 bits per heavy atom. The van der Waals surface area contributed by atoms with Crippen molar-refractivity contribution < 1.29 is 9.47 Å². The van der Waals surface area contributed by atoms with Crippen LogP contribution in [0, 0.1) is 6.92 Å². The minimum atomic E-state index is 0.597. The SMILES string of the molecule is Cc1cc2c(cc1-c1cc(CCN)nn1C)OCCO2. The molecular formula is C15H19N3O2. The molecule has 0 radical (unpaired) electrons. The van der Waals surface area contributed by atoms with Gasteiger partial charge >= 0.3 is 0 Å². The van der Waals surface area contributed by atoms with E-state index in [9.17, 15) is 0 Å². The molecule has 2 N–H and O–H groups in total. The monoisotopic (exact) mass is 273 g/mol. The van der Waals surface area contributed by atoms with Crippen LogP contribution in [0.2, 0.25) is 0 Å². The maximum atomic E-state index is 5.66. The molecule has 5 heteroatoms. The number of rotatable bonds is 3. The Morgan fingerprint density at radius 1 is 1.20 bits per heavy atom. The molecule has 1 aromatic heterocycles. The number of nitrogens with two attached hydrogens (primary N) is 1. The Kier molecular flexibility index (Phi) is 3.36. The fourth-order valence-corrected chi connectivity index (χ4v) is 2.52. The van der Waals surface area contributed by atoms with E-state index in [1.54, 1.807) is 0 Å². The molecule has 2 aromatic rings. The van der Waals surface area contributed by atoms with E-state index in [-0.39, 0.29) is 0 Å². The molecule has 0 unspecified atom stereocenters. The average Bonchev–Trinajstić information content (AvgIpc) is 2.79. The summed E-state index contributed by atoms with van der Waals surface area (Å²) in [6.45, 7) is 3.89. The molecule has 0 amide bonds. The van der Waals surface area contributed by atoms with Crippen molar-refractivity contribution in [2.45, 2.75) is 13.3 Å². The number of benzene rings is 1. The van der Waals surface area contributed by atoms with Gasteiger partial charge in [0.2, 0.25) is 0 Å². The lowest BCUT2D eigenvalue weighted by Gasteiger charge is -2.20. The minimum Gasteiger partial charge on any atom is -0.486 e. The van der Waals surface area contributed by atoms with E-state index in [2.05, 4.69) is 18.1 Å². The van der Waals surface area contributed by atoms with Crippen LogP contribution in [0.3, 0.4) is 0 Å². The third-order valence-electron chi connectivity index (χ3n) is 3.50. The summed E-state index contributed by atoms with van der Waals surface area (Å²) >= 11 is 0. The molecular weight excluding hydrogens is 254 g/mol. The van der Waals surface area contributed by atoms with Gasteiger partial charge in [-0.1, -0.05) is 0 Å². The number of hydrogen-bond acceptors (Lipinski definition) is 4. The second kappa shape index (κ2) is 5.17. The van der Waals surface area contributed by atoms with Crippen LogP contribution < -0.4 is 15.2 Å². The fraction of sp³-hybridized carbons (Fsp3) is 0.400. The number of nitrogens with zero attached hydrogens (tertiary/aromatic N) is 2. The lowest BCUT2D eigenvalue weighted by molar-refractivity contribution is 0.171. The number of aromatic nitrogens is 2. The normalized spacial score (nSPS) is 13.6. The molecule has 0 fully saturated rings. The molecule has 0 aliphatic carbocycles. The number of hydrogen-bond donors (Lipinski definition) is 1. The summed E-state index contributed by atoms with van der Waals surface area (Å²) in [7, 11) is 1.95. The van der Waals surface area contributed by atoms with Crippen LogP contribution in [0.5, 0.6) is 11.5 Å². The largest absolute Gasteiger partial charge is 0.486 e. The minimum absolute atomic E-state index is 0.597. The summed E-state index contributed by atoms with van der Waals surface area (Å²) in [5.41, 5.74) is 9.95. The van der Waals surface area contributed by atoms with E-state index < -0.39 is 0 Å². The smallest absolute Gasteiger partial charge is 0.162 e. The van der Waals surface area contributed by atoms with Crippen molar-refractivity contribution in [1.29, 1.82) is 0 Å². The van der Waals surface area contributed by atoms with E-state index >= 15 is 0 Å². The predicted molar refractivity (Wildman–Crippen MR) is 77.1 cm³/mol. The number of fused-ring (bicyclic) bond motifs is 1. The summed E-state index contributed by atoms with van der Waals surface area (Å²) in [6, 6.07) is 6.15. The molecule has 2 heterocycles. The molecule has 1 aliphatic rings. The molecule has 0 saturated heterocycles. The van der Waals surface area contributed by atoms with E-state index in [1.807, 2.05) is 23.9 Å². The van der Waals surface area contributed by atoms with Crippen molar-refractivity contribution in [3.05, 3.63) is 29.5 Å². The summed E-state index contributed by atoms with van der Waals surface area (Å²) in [5, 5.41) is 4.49.